The Morgan fingerprint density at radius 1 is 1.03 bits per heavy atom. The van der Waals surface area contributed by atoms with Crippen LogP contribution in [0.3, 0.4) is 0 Å². The van der Waals surface area contributed by atoms with Gasteiger partial charge in [-0.05, 0) is 78.9 Å². The third-order valence-corrected chi connectivity index (χ3v) is 7.23. The highest BCUT2D eigenvalue weighted by molar-refractivity contribution is 6.30. The lowest BCUT2D eigenvalue weighted by Gasteiger charge is -2.50. The molecule has 1 saturated heterocycles. The van der Waals surface area contributed by atoms with E-state index in [1.165, 1.54) is 29.5 Å². The van der Waals surface area contributed by atoms with E-state index in [0.29, 0.717) is 34.9 Å². The smallest absolute Gasteiger partial charge is 0.138 e. The molecular formula is C29H26ClF2N5. The first-order valence-corrected chi connectivity index (χ1v) is 12.4. The Bertz CT molecular complexity index is 1420. The van der Waals surface area contributed by atoms with E-state index in [1.807, 2.05) is 42.5 Å². The fraction of sp³-hybridized carbons (Fsp3) is 0.276. The van der Waals surface area contributed by atoms with Crippen LogP contribution in [0.4, 0.5) is 8.78 Å². The number of hydrogen-bond acceptors (Lipinski definition) is 4. The van der Waals surface area contributed by atoms with Crippen molar-refractivity contribution in [3.05, 3.63) is 112 Å². The van der Waals surface area contributed by atoms with Gasteiger partial charge in [0, 0.05) is 24.0 Å². The van der Waals surface area contributed by atoms with Crippen molar-refractivity contribution in [3.63, 3.8) is 0 Å². The van der Waals surface area contributed by atoms with Crippen molar-refractivity contribution in [2.75, 3.05) is 13.1 Å². The quantitative estimate of drug-likeness (QED) is 0.281. The predicted molar refractivity (Wildman–Crippen MR) is 139 cm³/mol. The summed E-state index contributed by atoms with van der Waals surface area (Å²) >= 11 is 6.14. The molecule has 2 heterocycles. The van der Waals surface area contributed by atoms with Gasteiger partial charge < -0.3 is 0 Å². The molecule has 188 valence electrons. The van der Waals surface area contributed by atoms with Gasteiger partial charge >= 0.3 is 0 Å². The van der Waals surface area contributed by atoms with Gasteiger partial charge in [-0.2, -0.15) is 10.4 Å². The van der Waals surface area contributed by atoms with Gasteiger partial charge in [-0.25, -0.2) is 18.4 Å². The number of hydrogen-bond donors (Lipinski definition) is 0. The maximum Gasteiger partial charge on any atom is 0.138 e. The minimum Gasteiger partial charge on any atom is -0.292 e. The molecule has 0 unspecified atom stereocenters. The second-order valence-corrected chi connectivity index (χ2v) is 10.5. The Balaban J connectivity index is 1.47. The van der Waals surface area contributed by atoms with Crippen molar-refractivity contribution in [1.82, 2.24) is 19.7 Å². The van der Waals surface area contributed by atoms with E-state index in [9.17, 15) is 9.65 Å². The Labute approximate surface area is 219 Å². The lowest BCUT2D eigenvalue weighted by molar-refractivity contribution is 0.00812. The van der Waals surface area contributed by atoms with Gasteiger partial charge in [0.25, 0.3) is 0 Å². The summed E-state index contributed by atoms with van der Waals surface area (Å²) in [5.74, 6) is -1.02. The van der Waals surface area contributed by atoms with Gasteiger partial charge in [0.15, 0.2) is 0 Å². The molecule has 37 heavy (non-hydrogen) atoms. The number of alkyl halides is 1. The van der Waals surface area contributed by atoms with Crippen molar-refractivity contribution in [3.8, 4) is 11.8 Å². The first-order chi connectivity index (χ1) is 17.7. The molecule has 0 saturated carbocycles. The van der Waals surface area contributed by atoms with Crippen molar-refractivity contribution in [1.29, 1.82) is 5.26 Å². The number of rotatable bonds is 7. The highest BCUT2D eigenvalue weighted by atomic mass is 35.5. The SMILES string of the molecule is CC(C)(F)[C@H](c1cc(F)cc(-n2cncn2)c1)C1CN([C@@H](c2ccc(Cl)cc2)c2cccc(C#N)c2)C1. The maximum atomic E-state index is 15.7. The van der Waals surface area contributed by atoms with E-state index < -0.39 is 17.4 Å². The van der Waals surface area contributed by atoms with Crippen molar-refractivity contribution >= 4 is 11.6 Å². The Hall–Kier alpha value is -3.60. The van der Waals surface area contributed by atoms with E-state index in [2.05, 4.69) is 21.1 Å². The van der Waals surface area contributed by atoms with Crippen LogP contribution >= 0.6 is 11.6 Å². The molecule has 4 aromatic rings. The summed E-state index contributed by atoms with van der Waals surface area (Å²) in [6.45, 7) is 4.31. The molecule has 0 aliphatic carbocycles. The average molecular weight is 518 g/mol. The topological polar surface area (TPSA) is 57.7 Å². The van der Waals surface area contributed by atoms with E-state index in [0.717, 1.165) is 11.1 Å². The summed E-state index contributed by atoms with van der Waals surface area (Å²) in [7, 11) is 0. The minimum absolute atomic E-state index is 0.0423. The zero-order chi connectivity index (χ0) is 26.2. The molecule has 2 atom stereocenters. The fourth-order valence-corrected chi connectivity index (χ4v) is 5.61. The van der Waals surface area contributed by atoms with Gasteiger partial charge in [0.05, 0.1) is 23.4 Å². The molecule has 0 amide bonds. The highest BCUT2D eigenvalue weighted by Gasteiger charge is 2.45. The van der Waals surface area contributed by atoms with Crippen molar-refractivity contribution in [2.45, 2.75) is 31.5 Å². The van der Waals surface area contributed by atoms with Gasteiger partial charge in [-0.1, -0.05) is 35.9 Å². The van der Waals surface area contributed by atoms with Crippen molar-refractivity contribution < 1.29 is 8.78 Å². The Morgan fingerprint density at radius 2 is 1.78 bits per heavy atom. The average Bonchev–Trinajstić information content (AvgIpc) is 3.38. The van der Waals surface area contributed by atoms with Gasteiger partial charge in [-0.3, -0.25) is 4.90 Å². The largest absolute Gasteiger partial charge is 0.292 e. The maximum absolute atomic E-state index is 15.7. The van der Waals surface area contributed by atoms with E-state index >= 15 is 4.39 Å². The van der Waals surface area contributed by atoms with Crippen LogP contribution in [-0.4, -0.2) is 38.4 Å². The van der Waals surface area contributed by atoms with E-state index in [-0.39, 0.29) is 12.0 Å². The molecule has 1 aromatic heterocycles. The molecule has 0 radical (unpaired) electrons. The summed E-state index contributed by atoms with van der Waals surface area (Å²) < 4.78 is 31.9. The first kappa shape index (κ1) is 25.1. The molecule has 0 N–H and O–H groups in total. The number of nitriles is 1. The monoisotopic (exact) mass is 517 g/mol. The van der Waals surface area contributed by atoms with E-state index in [1.54, 1.807) is 26.0 Å². The summed E-state index contributed by atoms with van der Waals surface area (Å²) in [5.41, 5.74) is 2.11. The molecule has 3 aromatic carbocycles. The van der Waals surface area contributed by atoms with Gasteiger partial charge in [0.2, 0.25) is 0 Å². The predicted octanol–water partition coefficient (Wildman–Crippen LogP) is 6.48. The fourth-order valence-electron chi connectivity index (χ4n) is 5.49. The number of benzene rings is 3. The third kappa shape index (κ3) is 5.27. The third-order valence-electron chi connectivity index (χ3n) is 6.98. The zero-order valence-corrected chi connectivity index (χ0v) is 21.3. The van der Waals surface area contributed by atoms with Crippen LogP contribution in [-0.2, 0) is 0 Å². The van der Waals surface area contributed by atoms with E-state index in [4.69, 9.17) is 11.6 Å². The summed E-state index contributed by atoms with van der Waals surface area (Å²) in [5, 5.41) is 14.2. The summed E-state index contributed by atoms with van der Waals surface area (Å²) in [6, 6.07) is 21.9. The Kier molecular flexibility index (Phi) is 6.80. The molecule has 0 spiro atoms. The van der Waals surface area contributed by atoms with Crippen LogP contribution in [0.2, 0.25) is 5.02 Å². The minimum atomic E-state index is -1.58. The standard InChI is InChI=1S/C29H26ClF2N5/c1-29(2,32)27(22-11-25(31)13-26(12-22)37-18-34-17-35-37)23-15-36(16-23)28(20-6-8-24(30)9-7-20)21-5-3-4-19(10-21)14-33/h3-13,17-18,23,27-28H,15-16H2,1-2H3/t27-,28+/m1/s1. The molecule has 5 nitrogen and oxygen atoms in total. The number of nitrogens with zero attached hydrogens (tertiary/aromatic N) is 5. The summed E-state index contributed by atoms with van der Waals surface area (Å²) in [6.07, 6.45) is 2.87. The number of aromatic nitrogens is 3. The molecular weight excluding hydrogens is 492 g/mol. The van der Waals surface area contributed by atoms with Gasteiger partial charge in [0.1, 0.15) is 24.1 Å². The van der Waals surface area contributed by atoms with Crippen LogP contribution in [0.1, 0.15) is 48.1 Å². The Morgan fingerprint density at radius 3 is 2.43 bits per heavy atom. The molecule has 1 aliphatic heterocycles. The first-order valence-electron chi connectivity index (χ1n) is 12.1. The zero-order valence-electron chi connectivity index (χ0n) is 20.5. The van der Waals surface area contributed by atoms with Crippen molar-refractivity contribution in [2.24, 2.45) is 5.92 Å². The van der Waals surface area contributed by atoms with Crippen LogP contribution in [0.25, 0.3) is 5.69 Å². The molecule has 1 fully saturated rings. The second-order valence-electron chi connectivity index (χ2n) is 10.0. The van der Waals surface area contributed by atoms with Crippen LogP contribution in [0, 0.1) is 23.1 Å². The second kappa shape index (κ2) is 10.0. The lowest BCUT2D eigenvalue weighted by Crippen LogP contribution is -2.53. The number of likely N-dealkylation sites (tertiary alicyclic amines) is 1. The van der Waals surface area contributed by atoms with Crippen LogP contribution in [0.15, 0.2) is 79.4 Å². The number of halogens is 3. The lowest BCUT2D eigenvalue weighted by atomic mass is 9.72. The molecule has 0 bridgehead atoms. The highest BCUT2D eigenvalue weighted by Crippen LogP contribution is 2.46. The molecule has 5 rings (SSSR count). The van der Waals surface area contributed by atoms with Crippen LogP contribution in [0.5, 0.6) is 0 Å². The van der Waals surface area contributed by atoms with Crippen LogP contribution < -0.4 is 0 Å². The normalized spacial score (nSPS) is 16.1. The van der Waals surface area contributed by atoms with Gasteiger partial charge in [-0.15, -0.1) is 0 Å². The molecule has 8 heteroatoms. The summed E-state index contributed by atoms with van der Waals surface area (Å²) in [4.78, 5) is 6.20. The molecule has 1 aliphatic rings.